The van der Waals surface area contributed by atoms with Gasteiger partial charge in [0.05, 0.1) is 19.9 Å². The van der Waals surface area contributed by atoms with E-state index in [1.54, 1.807) is 11.3 Å². The Balaban J connectivity index is 2.05. The summed E-state index contributed by atoms with van der Waals surface area (Å²) in [5, 5.41) is 4.59. The molecular formula is C11H13ClN4OS. The van der Waals surface area contributed by atoms with Crippen LogP contribution in [0.25, 0.3) is 0 Å². The molecule has 0 fully saturated rings. The number of hydrogen-bond donors (Lipinski definition) is 1. The third kappa shape index (κ3) is 3.08. The van der Waals surface area contributed by atoms with Gasteiger partial charge in [-0.1, -0.05) is 18.5 Å². The predicted octanol–water partition coefficient (Wildman–Crippen LogP) is 2.77. The zero-order valence-electron chi connectivity index (χ0n) is 10.1. The first-order valence-electron chi connectivity index (χ1n) is 5.47. The fraction of sp³-hybridized carbons (Fsp3) is 0.364. The molecule has 2 rings (SSSR count). The van der Waals surface area contributed by atoms with Crippen molar-refractivity contribution in [3.63, 3.8) is 0 Å². The minimum absolute atomic E-state index is 0.287. The maximum absolute atomic E-state index is 5.99. The fourth-order valence-electron chi connectivity index (χ4n) is 1.33. The monoisotopic (exact) mass is 284 g/mol. The van der Waals surface area contributed by atoms with Crippen molar-refractivity contribution in [2.24, 2.45) is 0 Å². The maximum Gasteiger partial charge on any atom is 0.318 e. The lowest BCUT2D eigenvalue weighted by Crippen LogP contribution is -2.03. The Hall–Kier alpha value is -1.40. The van der Waals surface area contributed by atoms with Crippen LogP contribution in [0.1, 0.15) is 16.8 Å². The molecule has 0 saturated carbocycles. The highest BCUT2D eigenvalue weighted by molar-refractivity contribution is 7.11. The number of hydrogen-bond acceptors (Lipinski definition) is 6. The van der Waals surface area contributed by atoms with E-state index < -0.39 is 0 Å². The minimum Gasteiger partial charge on any atom is -0.467 e. The summed E-state index contributed by atoms with van der Waals surface area (Å²) in [6.45, 7) is 2.70. The molecule has 0 unspecified atom stereocenters. The zero-order valence-corrected chi connectivity index (χ0v) is 11.7. The maximum atomic E-state index is 5.99. The molecule has 0 aliphatic carbocycles. The van der Waals surface area contributed by atoms with E-state index in [2.05, 4.69) is 27.2 Å². The number of thiazole rings is 1. The van der Waals surface area contributed by atoms with Gasteiger partial charge in [0.2, 0.25) is 0 Å². The van der Waals surface area contributed by atoms with Crippen LogP contribution in [0, 0.1) is 0 Å². The lowest BCUT2D eigenvalue weighted by molar-refractivity contribution is 0.380. The first-order valence-corrected chi connectivity index (χ1v) is 6.66. The Bertz CT molecular complexity index is 532. The standard InChI is InChI=1S/C11H13ClN4OS/c1-3-7-4-13-9(18-7)6-14-10-8(12)5-15-11(16-10)17-2/h4-5H,3,6H2,1-2H3,(H,14,15,16). The third-order valence-corrected chi connectivity index (χ3v) is 3.68. The SMILES string of the molecule is CCc1cnc(CNc2nc(OC)ncc2Cl)s1. The highest BCUT2D eigenvalue weighted by Crippen LogP contribution is 2.21. The van der Waals surface area contributed by atoms with Crippen LogP contribution in [0.5, 0.6) is 6.01 Å². The Kier molecular flexibility index (Phi) is 4.33. The van der Waals surface area contributed by atoms with Gasteiger partial charge in [-0.2, -0.15) is 4.98 Å². The molecule has 0 spiro atoms. The second kappa shape index (κ2) is 5.97. The number of halogens is 1. The van der Waals surface area contributed by atoms with E-state index in [1.807, 2.05) is 6.20 Å². The highest BCUT2D eigenvalue weighted by atomic mass is 35.5. The molecule has 2 heterocycles. The number of nitrogens with one attached hydrogen (secondary N) is 1. The molecule has 1 N–H and O–H groups in total. The topological polar surface area (TPSA) is 59.9 Å². The van der Waals surface area contributed by atoms with Gasteiger partial charge in [0.25, 0.3) is 0 Å². The van der Waals surface area contributed by atoms with Gasteiger partial charge in [-0.05, 0) is 6.42 Å². The minimum atomic E-state index is 0.287. The molecule has 0 aliphatic rings. The molecule has 0 aromatic carbocycles. The van der Waals surface area contributed by atoms with Gasteiger partial charge in [-0.3, -0.25) is 0 Å². The number of aryl methyl sites for hydroxylation is 1. The van der Waals surface area contributed by atoms with Crippen LogP contribution in [0.15, 0.2) is 12.4 Å². The van der Waals surface area contributed by atoms with Crippen molar-refractivity contribution in [3.8, 4) is 6.01 Å². The third-order valence-electron chi connectivity index (χ3n) is 2.26. The summed E-state index contributed by atoms with van der Waals surface area (Å²) in [5.74, 6) is 0.553. The summed E-state index contributed by atoms with van der Waals surface area (Å²) in [4.78, 5) is 13.6. The molecule has 0 aliphatic heterocycles. The van der Waals surface area contributed by atoms with E-state index in [-0.39, 0.29) is 6.01 Å². The van der Waals surface area contributed by atoms with Gasteiger partial charge < -0.3 is 10.1 Å². The van der Waals surface area contributed by atoms with Crippen molar-refractivity contribution in [3.05, 3.63) is 27.3 Å². The second-order valence-electron chi connectivity index (χ2n) is 3.48. The van der Waals surface area contributed by atoms with Gasteiger partial charge in [0, 0.05) is 11.1 Å². The van der Waals surface area contributed by atoms with Gasteiger partial charge >= 0.3 is 6.01 Å². The van der Waals surface area contributed by atoms with E-state index in [0.29, 0.717) is 17.4 Å². The summed E-state index contributed by atoms with van der Waals surface area (Å²) in [7, 11) is 1.52. The van der Waals surface area contributed by atoms with Crippen molar-refractivity contribution >= 4 is 28.8 Å². The van der Waals surface area contributed by atoms with E-state index >= 15 is 0 Å². The number of anilines is 1. The zero-order chi connectivity index (χ0) is 13.0. The molecule has 5 nitrogen and oxygen atoms in total. The highest BCUT2D eigenvalue weighted by Gasteiger charge is 2.06. The fourth-order valence-corrected chi connectivity index (χ4v) is 2.29. The van der Waals surface area contributed by atoms with E-state index in [4.69, 9.17) is 16.3 Å². The Morgan fingerprint density at radius 1 is 1.39 bits per heavy atom. The predicted molar refractivity (Wildman–Crippen MR) is 72.4 cm³/mol. The van der Waals surface area contributed by atoms with E-state index in [1.165, 1.54) is 18.2 Å². The summed E-state index contributed by atoms with van der Waals surface area (Å²) in [5.41, 5.74) is 0. The number of ether oxygens (including phenoxy) is 1. The van der Waals surface area contributed by atoms with Crippen LogP contribution < -0.4 is 10.1 Å². The molecule has 0 amide bonds. The lowest BCUT2D eigenvalue weighted by Gasteiger charge is -2.06. The number of rotatable bonds is 5. The molecule has 0 radical (unpaired) electrons. The van der Waals surface area contributed by atoms with Crippen LogP contribution in [0.4, 0.5) is 5.82 Å². The van der Waals surface area contributed by atoms with E-state index in [9.17, 15) is 0 Å². The van der Waals surface area contributed by atoms with Crippen molar-refractivity contribution in [2.45, 2.75) is 19.9 Å². The number of nitrogens with zero attached hydrogens (tertiary/aromatic N) is 3. The first kappa shape index (κ1) is 13.0. The number of methoxy groups -OCH3 is 1. The Morgan fingerprint density at radius 3 is 2.89 bits per heavy atom. The lowest BCUT2D eigenvalue weighted by atomic mass is 10.4. The molecule has 2 aromatic rings. The molecule has 0 atom stereocenters. The van der Waals surface area contributed by atoms with Crippen LogP contribution >= 0.6 is 22.9 Å². The summed E-state index contributed by atoms with van der Waals surface area (Å²) >= 11 is 7.67. The Morgan fingerprint density at radius 2 is 2.22 bits per heavy atom. The molecule has 18 heavy (non-hydrogen) atoms. The van der Waals surface area contributed by atoms with E-state index in [0.717, 1.165) is 11.4 Å². The van der Waals surface area contributed by atoms with Crippen LogP contribution in [-0.4, -0.2) is 22.1 Å². The average molecular weight is 285 g/mol. The molecule has 7 heteroatoms. The summed E-state index contributed by atoms with van der Waals surface area (Å²) in [6, 6.07) is 0.287. The van der Waals surface area contributed by atoms with Gasteiger partial charge in [0.15, 0.2) is 5.82 Å². The largest absolute Gasteiger partial charge is 0.467 e. The van der Waals surface area contributed by atoms with Gasteiger partial charge in [0.1, 0.15) is 10.0 Å². The van der Waals surface area contributed by atoms with Crippen molar-refractivity contribution in [1.82, 2.24) is 15.0 Å². The molecule has 0 bridgehead atoms. The molecule has 96 valence electrons. The molecule has 2 aromatic heterocycles. The quantitative estimate of drug-likeness (QED) is 0.915. The smallest absolute Gasteiger partial charge is 0.318 e. The van der Waals surface area contributed by atoms with Crippen LogP contribution in [0.2, 0.25) is 5.02 Å². The Labute approximate surface area is 114 Å². The van der Waals surface area contributed by atoms with Crippen LogP contribution in [0.3, 0.4) is 0 Å². The van der Waals surface area contributed by atoms with Crippen molar-refractivity contribution in [1.29, 1.82) is 0 Å². The summed E-state index contributed by atoms with van der Waals surface area (Å²) < 4.78 is 4.95. The van der Waals surface area contributed by atoms with Crippen molar-refractivity contribution < 1.29 is 4.74 Å². The second-order valence-corrected chi connectivity index (χ2v) is 5.09. The van der Waals surface area contributed by atoms with Gasteiger partial charge in [-0.25, -0.2) is 9.97 Å². The van der Waals surface area contributed by atoms with Gasteiger partial charge in [-0.15, -0.1) is 11.3 Å². The normalized spacial score (nSPS) is 10.4. The molecule has 0 saturated heterocycles. The molecular weight excluding hydrogens is 272 g/mol. The first-order chi connectivity index (χ1) is 8.72. The number of aromatic nitrogens is 3. The average Bonchev–Trinajstić information content (AvgIpc) is 2.86. The van der Waals surface area contributed by atoms with Crippen molar-refractivity contribution in [2.75, 3.05) is 12.4 Å². The summed E-state index contributed by atoms with van der Waals surface area (Å²) in [6.07, 6.45) is 4.40. The van der Waals surface area contributed by atoms with Crippen LogP contribution in [-0.2, 0) is 13.0 Å².